The molecule has 23 heavy (non-hydrogen) atoms. The second-order valence-corrected chi connectivity index (χ2v) is 6.65. The lowest BCUT2D eigenvalue weighted by Crippen LogP contribution is -2.31. The third kappa shape index (κ3) is 5.86. The highest BCUT2D eigenvalue weighted by Gasteiger charge is 2.11. The quantitative estimate of drug-likeness (QED) is 0.530. The molecule has 0 radical (unpaired) electrons. The van der Waals surface area contributed by atoms with Gasteiger partial charge in [-0.25, -0.2) is 0 Å². The highest BCUT2D eigenvalue weighted by atomic mass is 32.2. The van der Waals surface area contributed by atoms with Crippen molar-refractivity contribution >= 4 is 35.1 Å². The summed E-state index contributed by atoms with van der Waals surface area (Å²) in [4.78, 5) is 15.5. The lowest BCUT2D eigenvalue weighted by atomic mass is 10.2. The van der Waals surface area contributed by atoms with Gasteiger partial charge in [0.15, 0.2) is 0 Å². The van der Waals surface area contributed by atoms with Gasteiger partial charge in [0.2, 0.25) is 5.91 Å². The van der Waals surface area contributed by atoms with E-state index in [0.717, 1.165) is 11.1 Å². The molecule has 122 valence electrons. The Morgan fingerprint density at radius 2 is 2.09 bits per heavy atom. The van der Waals surface area contributed by atoms with Crippen molar-refractivity contribution < 1.29 is 9.53 Å². The molecule has 0 aliphatic rings. The Balaban J connectivity index is 2.01. The van der Waals surface area contributed by atoms with Gasteiger partial charge in [0.25, 0.3) is 0 Å². The van der Waals surface area contributed by atoms with E-state index in [-0.39, 0.29) is 5.91 Å². The lowest BCUT2D eigenvalue weighted by molar-refractivity contribution is -0.127. The Kier molecular flexibility index (Phi) is 7.39. The Morgan fingerprint density at radius 1 is 1.30 bits per heavy atom. The van der Waals surface area contributed by atoms with Crippen molar-refractivity contribution in [1.29, 1.82) is 0 Å². The van der Waals surface area contributed by atoms with Crippen LogP contribution in [0.2, 0.25) is 0 Å². The highest BCUT2D eigenvalue weighted by Crippen LogP contribution is 2.16. The molecule has 1 aromatic carbocycles. The predicted octanol–water partition coefficient (Wildman–Crippen LogP) is 4.16. The maximum atomic E-state index is 12.5. The summed E-state index contributed by atoms with van der Waals surface area (Å²) >= 11 is 3.35. The number of hydrogen-bond acceptors (Lipinski definition) is 4. The van der Waals surface area contributed by atoms with Gasteiger partial charge in [0.05, 0.1) is 6.61 Å². The normalized spacial score (nSPS) is 11.0. The minimum absolute atomic E-state index is 0.00203. The zero-order chi connectivity index (χ0) is 16.5. The van der Waals surface area contributed by atoms with Crippen LogP contribution in [-0.2, 0) is 16.1 Å². The first kappa shape index (κ1) is 17.8. The van der Waals surface area contributed by atoms with E-state index in [0.29, 0.717) is 19.7 Å². The van der Waals surface area contributed by atoms with Gasteiger partial charge in [-0.15, -0.1) is 11.8 Å². The van der Waals surface area contributed by atoms with Crippen LogP contribution in [0.1, 0.15) is 11.1 Å². The van der Waals surface area contributed by atoms with Crippen LogP contribution in [0.15, 0.2) is 52.1 Å². The fourth-order valence-electron chi connectivity index (χ4n) is 2.06. The molecule has 1 amide bonds. The van der Waals surface area contributed by atoms with Gasteiger partial charge in [0.1, 0.15) is 0 Å². The second kappa shape index (κ2) is 9.55. The zero-order valence-electron chi connectivity index (χ0n) is 13.4. The molecule has 2 aromatic rings. The number of methoxy groups -OCH3 is 1. The van der Waals surface area contributed by atoms with Crippen LogP contribution in [0.5, 0.6) is 0 Å². The summed E-state index contributed by atoms with van der Waals surface area (Å²) in [6, 6.07) is 10.2. The van der Waals surface area contributed by atoms with E-state index in [1.807, 2.05) is 35.9 Å². The molecule has 0 spiro atoms. The fraction of sp³-hybridized carbons (Fsp3) is 0.278. The number of thioether (sulfide) groups is 1. The number of benzene rings is 1. The van der Waals surface area contributed by atoms with Crippen molar-refractivity contribution in [2.75, 3.05) is 26.5 Å². The smallest absolute Gasteiger partial charge is 0.246 e. The first-order chi connectivity index (χ1) is 11.2. The van der Waals surface area contributed by atoms with Gasteiger partial charge < -0.3 is 9.64 Å². The summed E-state index contributed by atoms with van der Waals surface area (Å²) in [5.74, 6) is 0.00203. The summed E-state index contributed by atoms with van der Waals surface area (Å²) in [6.45, 7) is 1.73. The average molecular weight is 348 g/mol. The van der Waals surface area contributed by atoms with E-state index >= 15 is 0 Å². The molecule has 3 nitrogen and oxygen atoms in total. The van der Waals surface area contributed by atoms with E-state index in [4.69, 9.17) is 4.74 Å². The number of rotatable bonds is 8. The second-order valence-electron chi connectivity index (χ2n) is 4.99. The summed E-state index contributed by atoms with van der Waals surface area (Å²) in [5, 5.41) is 4.09. The Bertz CT molecular complexity index is 621. The Labute approximate surface area is 146 Å². The summed E-state index contributed by atoms with van der Waals surface area (Å²) in [5.41, 5.74) is 2.18. The third-order valence-corrected chi connectivity index (χ3v) is 4.84. The fourth-order valence-corrected chi connectivity index (χ4v) is 3.13. The molecule has 0 N–H and O–H groups in total. The number of carbonyl (C=O) groups excluding carboxylic acids is 1. The van der Waals surface area contributed by atoms with Gasteiger partial charge in [-0.2, -0.15) is 11.3 Å². The maximum absolute atomic E-state index is 12.5. The van der Waals surface area contributed by atoms with Crippen molar-refractivity contribution in [3.05, 3.63) is 58.3 Å². The molecule has 0 bridgehead atoms. The molecule has 0 saturated carbocycles. The number of nitrogens with zero attached hydrogens (tertiary/aromatic N) is 1. The highest BCUT2D eigenvalue weighted by molar-refractivity contribution is 7.98. The van der Waals surface area contributed by atoms with E-state index in [1.54, 1.807) is 41.2 Å². The molecule has 2 rings (SSSR count). The first-order valence-electron chi connectivity index (χ1n) is 7.34. The molecule has 0 aliphatic heterocycles. The lowest BCUT2D eigenvalue weighted by Gasteiger charge is -2.20. The van der Waals surface area contributed by atoms with E-state index in [1.165, 1.54) is 4.90 Å². The molecule has 5 heteroatoms. The topological polar surface area (TPSA) is 29.5 Å². The minimum Gasteiger partial charge on any atom is -0.383 e. The summed E-state index contributed by atoms with van der Waals surface area (Å²) < 4.78 is 5.11. The number of hydrogen-bond donors (Lipinski definition) is 0. The predicted molar refractivity (Wildman–Crippen MR) is 98.9 cm³/mol. The maximum Gasteiger partial charge on any atom is 0.246 e. The van der Waals surface area contributed by atoms with Crippen LogP contribution in [-0.4, -0.2) is 37.3 Å². The monoisotopic (exact) mass is 347 g/mol. The molecule has 0 aliphatic carbocycles. The summed E-state index contributed by atoms with van der Waals surface area (Å²) in [7, 11) is 1.65. The first-order valence-corrected chi connectivity index (χ1v) is 9.50. The largest absolute Gasteiger partial charge is 0.383 e. The van der Waals surface area contributed by atoms with E-state index in [9.17, 15) is 4.79 Å². The summed E-state index contributed by atoms with van der Waals surface area (Å²) in [6.07, 6.45) is 5.54. The minimum atomic E-state index is 0.00203. The molecular formula is C18H21NO2S2. The number of carbonyl (C=O) groups is 1. The van der Waals surface area contributed by atoms with Crippen LogP contribution < -0.4 is 0 Å². The molecule has 0 fully saturated rings. The van der Waals surface area contributed by atoms with Gasteiger partial charge in [-0.05, 0) is 52.4 Å². The van der Waals surface area contributed by atoms with Crippen molar-refractivity contribution in [3.63, 3.8) is 0 Å². The molecule has 0 unspecified atom stereocenters. The number of ether oxygens (including phenoxy) is 1. The van der Waals surface area contributed by atoms with Crippen LogP contribution in [0.3, 0.4) is 0 Å². The van der Waals surface area contributed by atoms with Crippen molar-refractivity contribution in [1.82, 2.24) is 4.90 Å². The molecular weight excluding hydrogens is 326 g/mol. The zero-order valence-corrected chi connectivity index (χ0v) is 15.0. The Hall–Kier alpha value is -1.56. The third-order valence-electron chi connectivity index (χ3n) is 3.36. The molecule has 1 aromatic heterocycles. The number of amides is 1. The Morgan fingerprint density at radius 3 is 2.70 bits per heavy atom. The van der Waals surface area contributed by atoms with Gasteiger partial charge in [-0.3, -0.25) is 4.79 Å². The van der Waals surface area contributed by atoms with Crippen LogP contribution in [0.4, 0.5) is 0 Å². The van der Waals surface area contributed by atoms with Crippen LogP contribution >= 0.6 is 23.1 Å². The van der Waals surface area contributed by atoms with E-state index in [2.05, 4.69) is 17.5 Å². The number of thiophene rings is 1. The SMILES string of the molecule is COCCN(Cc1ccsc1)C(=O)C=Cc1ccc(SC)cc1. The van der Waals surface area contributed by atoms with Crippen LogP contribution in [0.25, 0.3) is 6.08 Å². The van der Waals surface area contributed by atoms with Gasteiger partial charge >= 0.3 is 0 Å². The van der Waals surface area contributed by atoms with Crippen molar-refractivity contribution in [3.8, 4) is 0 Å². The molecule has 1 heterocycles. The standard InChI is InChI=1S/C18H21NO2S2/c1-21-11-10-19(13-16-9-12-23-14-16)18(20)8-5-15-3-6-17(22-2)7-4-15/h3-9,12,14H,10-11,13H2,1-2H3. The van der Waals surface area contributed by atoms with Crippen molar-refractivity contribution in [2.45, 2.75) is 11.4 Å². The van der Waals surface area contributed by atoms with Crippen LogP contribution in [0, 0.1) is 0 Å². The van der Waals surface area contributed by atoms with Gasteiger partial charge in [-0.1, -0.05) is 12.1 Å². The van der Waals surface area contributed by atoms with Gasteiger partial charge in [0, 0.05) is 31.2 Å². The molecule has 0 saturated heterocycles. The average Bonchev–Trinajstić information content (AvgIpc) is 3.10. The molecule has 0 atom stereocenters. The van der Waals surface area contributed by atoms with Crippen molar-refractivity contribution in [2.24, 2.45) is 0 Å². The van der Waals surface area contributed by atoms with E-state index < -0.39 is 0 Å².